The number of carbonyl (C=O) groups excluding carboxylic acids is 2. The van der Waals surface area contributed by atoms with Gasteiger partial charge in [0.05, 0.1) is 0 Å². The van der Waals surface area contributed by atoms with Gasteiger partial charge in [-0.1, -0.05) is 6.07 Å². The summed E-state index contributed by atoms with van der Waals surface area (Å²) in [6.07, 6.45) is 6.21. The zero-order valence-electron chi connectivity index (χ0n) is 14.4. The number of carbonyl (C=O) groups is 2. The first-order valence-electron chi connectivity index (χ1n) is 8.97. The molecule has 0 aliphatic carbocycles. The maximum atomic E-state index is 12.1. The molecule has 3 heterocycles. The lowest BCUT2D eigenvalue weighted by molar-refractivity contribution is -0.121. The minimum absolute atomic E-state index is 0.0505. The zero-order valence-corrected chi connectivity index (χ0v) is 14.4. The van der Waals surface area contributed by atoms with Crippen LogP contribution in [0.3, 0.4) is 0 Å². The summed E-state index contributed by atoms with van der Waals surface area (Å²) in [6.45, 7) is 2.65. The summed E-state index contributed by atoms with van der Waals surface area (Å²) in [7, 11) is 0. The van der Waals surface area contributed by atoms with E-state index in [1.807, 2.05) is 24.4 Å². The summed E-state index contributed by atoms with van der Waals surface area (Å²) in [5.41, 5.74) is 3.36. The van der Waals surface area contributed by atoms with Crippen LogP contribution in [0.2, 0.25) is 0 Å². The molecular weight excluding hydrogens is 318 g/mol. The van der Waals surface area contributed by atoms with Gasteiger partial charge in [-0.3, -0.25) is 9.59 Å². The number of pyridine rings is 1. The summed E-state index contributed by atoms with van der Waals surface area (Å²) >= 11 is 0. The number of anilines is 1. The van der Waals surface area contributed by atoms with Gasteiger partial charge in [0.2, 0.25) is 11.8 Å². The molecule has 1 unspecified atom stereocenters. The van der Waals surface area contributed by atoms with E-state index in [-0.39, 0.29) is 11.8 Å². The van der Waals surface area contributed by atoms with Gasteiger partial charge in [0, 0.05) is 44.4 Å². The Bertz CT molecular complexity index is 632. The average Bonchev–Trinajstić information content (AvgIpc) is 2.67. The van der Waals surface area contributed by atoms with Crippen LogP contribution in [0.4, 0.5) is 5.82 Å². The molecule has 1 saturated heterocycles. The van der Waals surface area contributed by atoms with Crippen molar-refractivity contribution in [3.63, 3.8) is 0 Å². The minimum atomic E-state index is -0.0528. The minimum Gasteiger partial charge on any atom is -0.356 e. The monoisotopic (exact) mass is 343 g/mol. The highest BCUT2D eigenvalue weighted by Crippen LogP contribution is 2.20. The third-order valence-corrected chi connectivity index (χ3v) is 4.70. The van der Waals surface area contributed by atoms with Crippen molar-refractivity contribution >= 4 is 23.3 Å². The van der Waals surface area contributed by atoms with Crippen LogP contribution < -0.4 is 15.6 Å². The van der Waals surface area contributed by atoms with E-state index in [4.69, 9.17) is 0 Å². The van der Waals surface area contributed by atoms with Gasteiger partial charge in [0.25, 0.3) is 0 Å². The van der Waals surface area contributed by atoms with E-state index in [1.54, 1.807) is 0 Å². The summed E-state index contributed by atoms with van der Waals surface area (Å²) in [6, 6.07) is 5.96. The Morgan fingerprint density at radius 2 is 2.28 bits per heavy atom. The van der Waals surface area contributed by atoms with Gasteiger partial charge in [-0.25, -0.2) is 10.4 Å². The molecule has 0 radical (unpaired) electrons. The number of amides is 2. The van der Waals surface area contributed by atoms with Crippen molar-refractivity contribution in [2.24, 2.45) is 11.0 Å². The molecule has 1 aromatic rings. The van der Waals surface area contributed by atoms with Crippen LogP contribution >= 0.6 is 0 Å². The number of hydrazone groups is 1. The first kappa shape index (κ1) is 17.4. The van der Waals surface area contributed by atoms with Gasteiger partial charge in [-0.05, 0) is 43.7 Å². The second-order valence-corrected chi connectivity index (χ2v) is 6.66. The first-order valence-corrected chi connectivity index (χ1v) is 8.97. The summed E-state index contributed by atoms with van der Waals surface area (Å²) in [5, 5.41) is 7.04. The van der Waals surface area contributed by atoms with Gasteiger partial charge < -0.3 is 10.2 Å². The molecule has 7 heteroatoms. The summed E-state index contributed by atoms with van der Waals surface area (Å²) in [4.78, 5) is 29.8. The molecule has 25 heavy (non-hydrogen) atoms. The Kier molecular flexibility index (Phi) is 5.98. The van der Waals surface area contributed by atoms with Crippen molar-refractivity contribution in [3.05, 3.63) is 24.4 Å². The molecule has 0 bridgehead atoms. The highest BCUT2D eigenvalue weighted by molar-refractivity contribution is 5.94. The predicted octanol–water partition coefficient (Wildman–Crippen LogP) is 1.46. The van der Waals surface area contributed by atoms with Gasteiger partial charge in [-0.2, -0.15) is 5.10 Å². The topological polar surface area (TPSA) is 86.7 Å². The van der Waals surface area contributed by atoms with Crippen molar-refractivity contribution in [2.75, 3.05) is 24.5 Å². The number of rotatable bonds is 6. The molecule has 0 aromatic carbocycles. The van der Waals surface area contributed by atoms with Crippen LogP contribution in [-0.4, -0.2) is 42.1 Å². The molecule has 0 spiro atoms. The zero-order chi connectivity index (χ0) is 17.5. The predicted molar refractivity (Wildman–Crippen MR) is 96.2 cm³/mol. The van der Waals surface area contributed by atoms with E-state index in [0.29, 0.717) is 38.1 Å². The third-order valence-electron chi connectivity index (χ3n) is 4.70. The number of hydrogen-bond donors (Lipinski definition) is 2. The fraction of sp³-hybridized carbons (Fsp3) is 0.556. The van der Waals surface area contributed by atoms with Crippen LogP contribution in [0.15, 0.2) is 29.5 Å². The smallest absolute Gasteiger partial charge is 0.240 e. The van der Waals surface area contributed by atoms with E-state index >= 15 is 0 Å². The van der Waals surface area contributed by atoms with Crippen molar-refractivity contribution in [2.45, 2.75) is 38.5 Å². The molecule has 134 valence electrons. The highest BCUT2D eigenvalue weighted by Gasteiger charge is 2.21. The van der Waals surface area contributed by atoms with E-state index < -0.39 is 0 Å². The number of nitrogens with one attached hydrogen (secondary N) is 2. The van der Waals surface area contributed by atoms with Gasteiger partial charge in [-0.15, -0.1) is 0 Å². The molecular formula is C18H25N5O2. The van der Waals surface area contributed by atoms with E-state index in [9.17, 15) is 9.59 Å². The van der Waals surface area contributed by atoms with Crippen LogP contribution in [0.1, 0.15) is 38.5 Å². The fourth-order valence-electron chi connectivity index (χ4n) is 3.28. The molecule has 1 aromatic heterocycles. The van der Waals surface area contributed by atoms with E-state index in [2.05, 4.69) is 25.7 Å². The van der Waals surface area contributed by atoms with Gasteiger partial charge >= 0.3 is 0 Å². The Balaban J connectivity index is 1.39. The van der Waals surface area contributed by atoms with Gasteiger partial charge in [0.15, 0.2) is 0 Å². The Hall–Kier alpha value is -2.44. The maximum Gasteiger partial charge on any atom is 0.240 e. The molecule has 2 aliphatic heterocycles. The second kappa shape index (κ2) is 8.60. The van der Waals surface area contributed by atoms with Crippen molar-refractivity contribution in [1.82, 2.24) is 15.7 Å². The Labute approximate surface area is 147 Å². The number of piperidine rings is 1. The molecule has 2 aliphatic rings. The van der Waals surface area contributed by atoms with E-state index in [1.165, 1.54) is 0 Å². The van der Waals surface area contributed by atoms with Crippen molar-refractivity contribution in [1.29, 1.82) is 0 Å². The van der Waals surface area contributed by atoms with Crippen LogP contribution in [0.25, 0.3) is 0 Å². The lowest BCUT2D eigenvalue weighted by Crippen LogP contribution is -2.41. The average molecular weight is 343 g/mol. The number of hydrogen-bond acceptors (Lipinski definition) is 5. The van der Waals surface area contributed by atoms with Crippen LogP contribution in [-0.2, 0) is 9.59 Å². The molecule has 1 fully saturated rings. The molecule has 3 rings (SSSR count). The largest absolute Gasteiger partial charge is 0.356 e. The van der Waals surface area contributed by atoms with E-state index in [0.717, 1.165) is 37.5 Å². The molecule has 2 amide bonds. The first-order chi connectivity index (χ1) is 12.2. The Morgan fingerprint density at radius 3 is 3.04 bits per heavy atom. The van der Waals surface area contributed by atoms with Crippen molar-refractivity contribution in [3.8, 4) is 0 Å². The van der Waals surface area contributed by atoms with Crippen molar-refractivity contribution < 1.29 is 9.59 Å². The lowest BCUT2D eigenvalue weighted by Gasteiger charge is -2.33. The highest BCUT2D eigenvalue weighted by atomic mass is 16.2. The quantitative estimate of drug-likeness (QED) is 0.819. The Morgan fingerprint density at radius 1 is 1.36 bits per heavy atom. The van der Waals surface area contributed by atoms with Crippen LogP contribution in [0, 0.1) is 5.92 Å². The molecule has 1 atom stereocenters. The summed E-state index contributed by atoms with van der Waals surface area (Å²) in [5.74, 6) is 1.46. The van der Waals surface area contributed by atoms with Crippen LogP contribution in [0.5, 0.6) is 0 Å². The maximum absolute atomic E-state index is 12.1. The number of nitrogens with zero attached hydrogens (tertiary/aromatic N) is 3. The second-order valence-electron chi connectivity index (χ2n) is 6.66. The number of aromatic nitrogens is 1. The molecule has 7 nitrogen and oxygen atoms in total. The SMILES string of the molecule is O=C(CCC1=NNC(=O)CC1)NCC1CCCN(c2ccccn2)C1. The fourth-order valence-corrected chi connectivity index (χ4v) is 3.28. The summed E-state index contributed by atoms with van der Waals surface area (Å²) < 4.78 is 0. The lowest BCUT2D eigenvalue weighted by atomic mass is 9.98. The van der Waals surface area contributed by atoms with Gasteiger partial charge in [0.1, 0.15) is 5.82 Å². The normalized spacial score (nSPS) is 20.6. The third kappa shape index (κ3) is 5.27. The standard InChI is InChI=1S/C18H25N5O2/c24-17(8-6-15-7-9-18(25)22-21-15)20-12-14-4-3-11-23(13-14)16-5-1-2-10-19-16/h1-2,5,10,14H,3-4,6-9,11-13H2,(H,20,24)(H,22,25). The molecule has 0 saturated carbocycles. The molecule has 2 N–H and O–H groups in total.